The summed E-state index contributed by atoms with van der Waals surface area (Å²) in [6.07, 6.45) is 5.52. The van der Waals surface area contributed by atoms with Gasteiger partial charge in [-0.3, -0.25) is 4.79 Å². The number of piperidine rings is 1. The predicted molar refractivity (Wildman–Crippen MR) is 97.6 cm³/mol. The molecule has 1 heterocycles. The van der Waals surface area contributed by atoms with Crippen LogP contribution in [0.25, 0.3) is 0 Å². The van der Waals surface area contributed by atoms with Gasteiger partial charge in [-0.05, 0) is 63.7 Å². The molecule has 26 heavy (non-hydrogen) atoms. The monoisotopic (exact) mass is 384 g/mol. The van der Waals surface area contributed by atoms with Crippen LogP contribution < -0.4 is 15.4 Å². The highest BCUT2D eigenvalue weighted by atomic mass is 32.2. The van der Waals surface area contributed by atoms with Crippen LogP contribution in [0.2, 0.25) is 0 Å². The maximum atomic E-state index is 14.3. The van der Waals surface area contributed by atoms with E-state index in [4.69, 9.17) is 4.74 Å². The Kier molecular flexibility index (Phi) is 5.53. The highest BCUT2D eigenvalue weighted by molar-refractivity contribution is 7.92. The Morgan fingerprint density at radius 3 is 2.50 bits per heavy atom. The normalized spacial score (nSPS) is 20.7. The molecule has 1 aliphatic heterocycles. The Labute approximate surface area is 153 Å². The molecule has 0 aromatic heterocycles. The number of amides is 1. The summed E-state index contributed by atoms with van der Waals surface area (Å²) < 4.78 is 43.1. The third kappa shape index (κ3) is 3.86. The number of ether oxygens (including phenoxy) is 1. The van der Waals surface area contributed by atoms with Crippen LogP contribution in [-0.4, -0.2) is 44.5 Å². The molecular weight excluding hydrogens is 359 g/mol. The van der Waals surface area contributed by atoms with E-state index < -0.39 is 26.3 Å². The van der Waals surface area contributed by atoms with Gasteiger partial charge in [0.15, 0.2) is 26.2 Å². The topological polar surface area (TPSA) is 84.5 Å². The van der Waals surface area contributed by atoms with Crippen molar-refractivity contribution in [1.29, 1.82) is 0 Å². The lowest BCUT2D eigenvalue weighted by molar-refractivity contribution is -0.119. The lowest BCUT2D eigenvalue weighted by Crippen LogP contribution is -2.55. The molecule has 1 saturated carbocycles. The van der Waals surface area contributed by atoms with Crippen molar-refractivity contribution in [2.45, 2.75) is 49.4 Å². The van der Waals surface area contributed by atoms with E-state index in [9.17, 15) is 17.6 Å². The van der Waals surface area contributed by atoms with Crippen molar-refractivity contribution in [3.63, 3.8) is 0 Å². The second-order valence-electron chi connectivity index (χ2n) is 7.14. The van der Waals surface area contributed by atoms with Crippen LogP contribution in [-0.2, 0) is 14.6 Å². The first kappa shape index (κ1) is 19.1. The van der Waals surface area contributed by atoms with Gasteiger partial charge in [0.05, 0.1) is 6.10 Å². The summed E-state index contributed by atoms with van der Waals surface area (Å²) in [5.41, 5.74) is 0.229. The van der Waals surface area contributed by atoms with E-state index in [0.717, 1.165) is 31.9 Å². The molecule has 1 amide bonds. The first-order chi connectivity index (χ1) is 12.3. The standard InChI is InChI=1S/C18H25FN2O4S/c1-26(23,24)18(8-10-20-11-9-18)17(22)21-13-6-7-16(15(19)12-13)25-14-4-2-3-5-14/h6-7,12,14,20H,2-5,8-11H2,1H3,(H,21,22). The highest BCUT2D eigenvalue weighted by Gasteiger charge is 2.48. The molecule has 0 bridgehead atoms. The zero-order chi connectivity index (χ0) is 18.8. The van der Waals surface area contributed by atoms with E-state index in [1.165, 1.54) is 12.1 Å². The minimum absolute atomic E-state index is 0.0354. The molecule has 0 unspecified atom stereocenters. The van der Waals surface area contributed by atoms with Gasteiger partial charge >= 0.3 is 0 Å². The maximum absolute atomic E-state index is 14.3. The minimum atomic E-state index is -3.61. The van der Waals surface area contributed by atoms with Gasteiger partial charge in [0.25, 0.3) is 0 Å². The number of sulfone groups is 1. The summed E-state index contributed by atoms with van der Waals surface area (Å²) in [4.78, 5) is 12.7. The van der Waals surface area contributed by atoms with E-state index in [1.54, 1.807) is 6.07 Å². The highest BCUT2D eigenvalue weighted by Crippen LogP contribution is 2.31. The number of hydrogen-bond donors (Lipinski definition) is 2. The minimum Gasteiger partial charge on any atom is -0.487 e. The van der Waals surface area contributed by atoms with Crippen LogP contribution in [0.15, 0.2) is 18.2 Å². The Balaban J connectivity index is 1.75. The van der Waals surface area contributed by atoms with Gasteiger partial charge < -0.3 is 15.4 Å². The molecule has 1 aliphatic carbocycles. The fourth-order valence-electron chi connectivity index (χ4n) is 3.70. The third-order valence-electron chi connectivity index (χ3n) is 5.32. The van der Waals surface area contributed by atoms with Gasteiger partial charge in [-0.2, -0.15) is 0 Å². The molecule has 0 atom stereocenters. The van der Waals surface area contributed by atoms with E-state index in [2.05, 4.69) is 10.6 Å². The summed E-state index contributed by atoms with van der Waals surface area (Å²) in [7, 11) is -3.61. The predicted octanol–water partition coefficient (Wildman–Crippen LogP) is 2.25. The first-order valence-electron chi connectivity index (χ1n) is 9.00. The number of nitrogens with one attached hydrogen (secondary N) is 2. The zero-order valence-corrected chi connectivity index (χ0v) is 15.7. The smallest absolute Gasteiger partial charge is 0.245 e. The fourth-order valence-corrected chi connectivity index (χ4v) is 5.04. The number of anilines is 1. The second kappa shape index (κ2) is 7.52. The van der Waals surface area contributed by atoms with Gasteiger partial charge in [0.2, 0.25) is 5.91 Å². The molecule has 1 aromatic carbocycles. The molecule has 2 N–H and O–H groups in total. The van der Waals surface area contributed by atoms with Crippen molar-refractivity contribution in [3.8, 4) is 5.75 Å². The quantitative estimate of drug-likeness (QED) is 0.813. The number of carbonyl (C=O) groups excluding carboxylic acids is 1. The molecular formula is C18H25FN2O4S. The van der Waals surface area contributed by atoms with E-state index in [-0.39, 0.29) is 30.4 Å². The number of hydrogen-bond acceptors (Lipinski definition) is 5. The molecule has 6 nitrogen and oxygen atoms in total. The van der Waals surface area contributed by atoms with Gasteiger partial charge in [-0.15, -0.1) is 0 Å². The SMILES string of the molecule is CS(=O)(=O)C1(C(=O)Nc2ccc(OC3CCCC3)c(F)c2)CCNCC1. The van der Waals surface area contributed by atoms with Crippen LogP contribution in [0.4, 0.5) is 10.1 Å². The Morgan fingerprint density at radius 2 is 1.92 bits per heavy atom. The average molecular weight is 384 g/mol. The third-order valence-corrected chi connectivity index (χ3v) is 7.33. The van der Waals surface area contributed by atoms with Crippen molar-refractivity contribution in [2.24, 2.45) is 0 Å². The second-order valence-corrected chi connectivity index (χ2v) is 9.47. The largest absolute Gasteiger partial charge is 0.487 e. The molecule has 0 spiro atoms. The average Bonchev–Trinajstić information content (AvgIpc) is 3.10. The molecule has 0 radical (unpaired) electrons. The Hall–Kier alpha value is -1.67. The molecule has 8 heteroatoms. The lowest BCUT2D eigenvalue weighted by Gasteiger charge is -2.34. The molecule has 3 rings (SSSR count). The van der Waals surface area contributed by atoms with Crippen LogP contribution in [0, 0.1) is 5.82 Å². The molecule has 2 fully saturated rings. The zero-order valence-electron chi connectivity index (χ0n) is 14.9. The van der Waals surface area contributed by atoms with Crippen molar-refractivity contribution in [3.05, 3.63) is 24.0 Å². The number of rotatable bonds is 5. The van der Waals surface area contributed by atoms with Crippen LogP contribution >= 0.6 is 0 Å². The van der Waals surface area contributed by atoms with Gasteiger partial charge in [-0.1, -0.05) is 0 Å². The van der Waals surface area contributed by atoms with E-state index >= 15 is 0 Å². The lowest BCUT2D eigenvalue weighted by atomic mass is 9.95. The van der Waals surface area contributed by atoms with Gasteiger partial charge in [-0.25, -0.2) is 12.8 Å². The van der Waals surface area contributed by atoms with Crippen LogP contribution in [0.5, 0.6) is 5.75 Å². The van der Waals surface area contributed by atoms with Crippen molar-refractivity contribution >= 4 is 21.4 Å². The summed E-state index contributed by atoms with van der Waals surface area (Å²) in [5, 5.41) is 5.64. The van der Waals surface area contributed by atoms with Gasteiger partial charge in [0, 0.05) is 18.0 Å². The maximum Gasteiger partial charge on any atom is 0.245 e. The van der Waals surface area contributed by atoms with Gasteiger partial charge in [0.1, 0.15) is 0 Å². The van der Waals surface area contributed by atoms with Crippen molar-refractivity contribution in [2.75, 3.05) is 24.7 Å². The van der Waals surface area contributed by atoms with E-state index in [0.29, 0.717) is 13.1 Å². The Morgan fingerprint density at radius 1 is 1.27 bits per heavy atom. The molecule has 144 valence electrons. The Bertz CT molecular complexity index is 769. The summed E-state index contributed by atoms with van der Waals surface area (Å²) in [5.74, 6) is -1.01. The summed E-state index contributed by atoms with van der Waals surface area (Å²) >= 11 is 0. The number of benzene rings is 1. The number of halogens is 1. The van der Waals surface area contributed by atoms with Crippen LogP contribution in [0.3, 0.4) is 0 Å². The van der Waals surface area contributed by atoms with Crippen molar-refractivity contribution in [1.82, 2.24) is 5.32 Å². The summed E-state index contributed by atoms with van der Waals surface area (Å²) in [6, 6.07) is 4.21. The summed E-state index contributed by atoms with van der Waals surface area (Å²) in [6.45, 7) is 0.895. The first-order valence-corrected chi connectivity index (χ1v) is 10.9. The molecule has 1 aromatic rings. The molecule has 1 saturated heterocycles. The van der Waals surface area contributed by atoms with Crippen molar-refractivity contribution < 1.29 is 22.3 Å². The fraction of sp³-hybridized carbons (Fsp3) is 0.611. The van der Waals surface area contributed by atoms with E-state index in [1.807, 2.05) is 0 Å². The number of carbonyl (C=O) groups is 1. The van der Waals surface area contributed by atoms with Crippen LogP contribution in [0.1, 0.15) is 38.5 Å². The molecule has 2 aliphatic rings.